The van der Waals surface area contributed by atoms with E-state index in [0.717, 1.165) is 17.7 Å². The molecule has 0 atom stereocenters. The monoisotopic (exact) mass is 448 g/mol. The van der Waals surface area contributed by atoms with E-state index in [2.05, 4.69) is 10.5 Å². The number of hydrogen-bond donors (Lipinski definition) is 1. The highest BCUT2D eigenvalue weighted by molar-refractivity contribution is 6.31. The van der Waals surface area contributed by atoms with E-state index < -0.39 is 11.7 Å². The second-order valence-electron chi connectivity index (χ2n) is 6.47. The summed E-state index contributed by atoms with van der Waals surface area (Å²) in [6, 6.07) is 17.5. The maximum Gasteiger partial charge on any atom is 0.416 e. The van der Waals surface area contributed by atoms with Gasteiger partial charge >= 0.3 is 6.18 Å². The van der Waals surface area contributed by atoms with Gasteiger partial charge in [0.2, 0.25) is 0 Å². The highest BCUT2D eigenvalue weighted by Gasteiger charge is 2.30. The van der Waals surface area contributed by atoms with Gasteiger partial charge in [0, 0.05) is 10.6 Å². The van der Waals surface area contributed by atoms with Gasteiger partial charge in [-0.05, 0) is 55.0 Å². The van der Waals surface area contributed by atoms with Crippen molar-refractivity contribution in [2.75, 3.05) is 12.0 Å². The first-order valence-corrected chi connectivity index (χ1v) is 9.84. The van der Waals surface area contributed by atoms with Crippen LogP contribution in [-0.2, 0) is 12.8 Å². The Labute approximate surface area is 183 Å². The van der Waals surface area contributed by atoms with Gasteiger partial charge in [0.1, 0.15) is 6.61 Å². The van der Waals surface area contributed by atoms with Gasteiger partial charge in [-0.2, -0.15) is 18.3 Å². The SMILES string of the molecule is CCOc1cc(C=NNc2cccc(C(F)(F)F)c2)ccc1OCc1ccccc1Cl. The zero-order valence-electron chi connectivity index (χ0n) is 16.6. The van der Waals surface area contributed by atoms with Crippen LogP contribution in [0, 0.1) is 0 Å². The molecule has 8 heteroatoms. The summed E-state index contributed by atoms with van der Waals surface area (Å²) in [5.74, 6) is 1.07. The molecule has 31 heavy (non-hydrogen) atoms. The van der Waals surface area contributed by atoms with Crippen molar-refractivity contribution >= 4 is 23.5 Å². The topological polar surface area (TPSA) is 42.8 Å². The number of anilines is 1. The molecule has 4 nitrogen and oxygen atoms in total. The molecule has 0 aliphatic carbocycles. The van der Waals surface area contributed by atoms with E-state index in [9.17, 15) is 13.2 Å². The van der Waals surface area contributed by atoms with Crippen LogP contribution in [0.4, 0.5) is 18.9 Å². The molecular formula is C23H20ClF3N2O2. The van der Waals surface area contributed by atoms with Crippen molar-refractivity contribution in [2.45, 2.75) is 19.7 Å². The summed E-state index contributed by atoms with van der Waals surface area (Å²) in [6.45, 7) is 2.57. The summed E-state index contributed by atoms with van der Waals surface area (Å²) in [7, 11) is 0. The van der Waals surface area contributed by atoms with E-state index in [1.807, 2.05) is 25.1 Å². The maximum absolute atomic E-state index is 12.8. The van der Waals surface area contributed by atoms with Crippen molar-refractivity contribution in [1.29, 1.82) is 0 Å². The van der Waals surface area contributed by atoms with Crippen LogP contribution in [0.3, 0.4) is 0 Å². The van der Waals surface area contributed by atoms with Crippen molar-refractivity contribution in [2.24, 2.45) is 5.10 Å². The Bertz CT molecular complexity index is 1050. The average Bonchev–Trinajstić information content (AvgIpc) is 2.74. The summed E-state index contributed by atoms with van der Waals surface area (Å²) < 4.78 is 49.9. The minimum absolute atomic E-state index is 0.232. The lowest BCUT2D eigenvalue weighted by Crippen LogP contribution is -2.05. The van der Waals surface area contributed by atoms with Crippen LogP contribution in [-0.4, -0.2) is 12.8 Å². The highest BCUT2D eigenvalue weighted by atomic mass is 35.5. The minimum Gasteiger partial charge on any atom is -0.490 e. The molecule has 0 unspecified atom stereocenters. The van der Waals surface area contributed by atoms with Crippen LogP contribution in [0.25, 0.3) is 0 Å². The fourth-order valence-corrected chi connectivity index (χ4v) is 2.90. The number of nitrogens with zero attached hydrogens (tertiary/aromatic N) is 1. The Hall–Kier alpha value is -3.19. The van der Waals surface area contributed by atoms with Crippen LogP contribution in [0.5, 0.6) is 11.5 Å². The average molecular weight is 449 g/mol. The van der Waals surface area contributed by atoms with Crippen molar-refractivity contribution < 1.29 is 22.6 Å². The lowest BCUT2D eigenvalue weighted by atomic mass is 10.2. The molecular weight excluding hydrogens is 429 g/mol. The lowest BCUT2D eigenvalue weighted by molar-refractivity contribution is -0.137. The third-order valence-electron chi connectivity index (χ3n) is 4.21. The number of alkyl halides is 3. The number of nitrogens with one attached hydrogen (secondary N) is 1. The molecule has 0 bridgehead atoms. The minimum atomic E-state index is -4.41. The normalized spacial score (nSPS) is 11.5. The fraction of sp³-hybridized carbons (Fsp3) is 0.174. The van der Waals surface area contributed by atoms with Gasteiger partial charge in [-0.15, -0.1) is 0 Å². The van der Waals surface area contributed by atoms with Gasteiger partial charge in [0.15, 0.2) is 11.5 Å². The Morgan fingerprint density at radius 2 is 1.77 bits per heavy atom. The zero-order chi connectivity index (χ0) is 22.3. The Balaban J connectivity index is 1.69. The molecule has 3 aromatic carbocycles. The van der Waals surface area contributed by atoms with Gasteiger partial charge in [-0.1, -0.05) is 35.9 Å². The van der Waals surface area contributed by atoms with Crippen molar-refractivity contribution in [3.05, 3.63) is 88.4 Å². The van der Waals surface area contributed by atoms with Crippen LogP contribution in [0.2, 0.25) is 5.02 Å². The molecule has 0 fully saturated rings. The number of hydrogen-bond acceptors (Lipinski definition) is 4. The van der Waals surface area contributed by atoms with Crippen molar-refractivity contribution in [3.63, 3.8) is 0 Å². The predicted octanol–water partition coefficient (Wildman–Crippen LogP) is 6.78. The number of ether oxygens (including phenoxy) is 2. The molecule has 3 rings (SSSR count). The van der Waals surface area contributed by atoms with E-state index in [-0.39, 0.29) is 12.3 Å². The predicted molar refractivity (Wildman–Crippen MR) is 116 cm³/mol. The molecule has 3 aromatic rings. The van der Waals surface area contributed by atoms with Crippen molar-refractivity contribution in [3.8, 4) is 11.5 Å². The third kappa shape index (κ3) is 6.39. The van der Waals surface area contributed by atoms with Crippen LogP contribution < -0.4 is 14.9 Å². The van der Waals surface area contributed by atoms with Gasteiger partial charge < -0.3 is 9.47 Å². The van der Waals surface area contributed by atoms with E-state index in [1.54, 1.807) is 24.3 Å². The lowest BCUT2D eigenvalue weighted by Gasteiger charge is -2.13. The number of benzene rings is 3. The third-order valence-corrected chi connectivity index (χ3v) is 4.57. The zero-order valence-corrected chi connectivity index (χ0v) is 17.4. The summed E-state index contributed by atoms with van der Waals surface area (Å²) in [5.41, 5.74) is 3.63. The molecule has 0 saturated heterocycles. The second kappa shape index (κ2) is 10.2. The van der Waals surface area contributed by atoms with Gasteiger partial charge in [0.25, 0.3) is 0 Å². The summed E-state index contributed by atoms with van der Waals surface area (Å²) in [6.07, 6.45) is -2.92. The second-order valence-corrected chi connectivity index (χ2v) is 6.88. The first kappa shape index (κ1) is 22.5. The molecule has 0 heterocycles. The number of halogens is 4. The Morgan fingerprint density at radius 1 is 0.968 bits per heavy atom. The van der Waals surface area contributed by atoms with Crippen LogP contribution >= 0.6 is 11.6 Å². The standard InChI is InChI=1S/C23H20ClF3N2O2/c1-2-30-22-12-16(10-11-21(22)31-15-17-6-3-4-9-20(17)24)14-28-29-19-8-5-7-18(13-19)23(25,26)27/h3-14,29H,2,15H2,1H3. The van der Waals surface area contributed by atoms with Gasteiger partial charge in [-0.3, -0.25) is 5.43 Å². The molecule has 162 valence electrons. The molecule has 0 spiro atoms. The van der Waals surface area contributed by atoms with Crippen LogP contribution in [0.15, 0.2) is 71.8 Å². The molecule has 0 aromatic heterocycles. The van der Waals surface area contributed by atoms with E-state index in [4.69, 9.17) is 21.1 Å². The molecule has 0 amide bonds. The van der Waals surface area contributed by atoms with E-state index >= 15 is 0 Å². The van der Waals surface area contributed by atoms with Gasteiger partial charge in [0.05, 0.1) is 24.1 Å². The molecule has 0 saturated carbocycles. The first-order chi connectivity index (χ1) is 14.9. The van der Waals surface area contributed by atoms with E-state index in [0.29, 0.717) is 28.7 Å². The van der Waals surface area contributed by atoms with Gasteiger partial charge in [-0.25, -0.2) is 0 Å². The smallest absolute Gasteiger partial charge is 0.416 e. The Kier molecular flexibility index (Phi) is 7.41. The highest BCUT2D eigenvalue weighted by Crippen LogP contribution is 2.31. The number of hydrazone groups is 1. The number of rotatable bonds is 8. The van der Waals surface area contributed by atoms with E-state index in [1.165, 1.54) is 18.3 Å². The first-order valence-electron chi connectivity index (χ1n) is 9.46. The maximum atomic E-state index is 12.8. The van der Waals surface area contributed by atoms with Crippen LogP contribution in [0.1, 0.15) is 23.6 Å². The fourth-order valence-electron chi connectivity index (χ4n) is 2.71. The van der Waals surface area contributed by atoms with Crippen molar-refractivity contribution in [1.82, 2.24) is 0 Å². The Morgan fingerprint density at radius 3 is 2.52 bits per heavy atom. The summed E-state index contributed by atoms with van der Waals surface area (Å²) in [4.78, 5) is 0. The largest absolute Gasteiger partial charge is 0.490 e. The summed E-state index contributed by atoms with van der Waals surface area (Å²) in [5, 5.41) is 4.63. The molecule has 0 radical (unpaired) electrons. The molecule has 0 aliphatic heterocycles. The quantitative estimate of drug-likeness (QED) is 0.305. The summed E-state index contributed by atoms with van der Waals surface area (Å²) >= 11 is 6.16. The molecule has 1 N–H and O–H groups in total. The molecule has 0 aliphatic rings.